The number of benzene rings is 4. The van der Waals surface area contributed by atoms with Crippen molar-refractivity contribution in [3.63, 3.8) is 0 Å². The third-order valence-electron chi connectivity index (χ3n) is 5.56. The Kier molecular flexibility index (Phi) is 3.50. The number of furan rings is 1. The first-order valence-electron chi connectivity index (χ1n) is 9.73. The van der Waals surface area contributed by atoms with Crippen LogP contribution in [0, 0.1) is 0 Å². The first-order valence-corrected chi connectivity index (χ1v) is 9.73. The van der Waals surface area contributed by atoms with Crippen LogP contribution in [0.15, 0.2) is 108 Å². The summed E-state index contributed by atoms with van der Waals surface area (Å²) >= 11 is 0. The van der Waals surface area contributed by atoms with Crippen molar-refractivity contribution in [2.45, 2.75) is 0 Å². The number of pyridine rings is 1. The van der Waals surface area contributed by atoms with Crippen LogP contribution in [0.1, 0.15) is 0 Å². The quantitative estimate of drug-likeness (QED) is 0.315. The van der Waals surface area contributed by atoms with E-state index in [1.54, 1.807) is 0 Å². The molecule has 4 aromatic carbocycles. The molecule has 0 fully saturated rings. The zero-order chi connectivity index (χ0) is 19.2. The molecule has 6 aromatic rings. The normalized spacial score (nSPS) is 11.4. The van der Waals surface area contributed by atoms with Gasteiger partial charge in [0.25, 0.3) is 0 Å². The first-order chi connectivity index (χ1) is 14.4. The lowest BCUT2D eigenvalue weighted by atomic mass is 9.95. The lowest BCUT2D eigenvalue weighted by Crippen LogP contribution is -1.85. The van der Waals surface area contributed by atoms with Crippen LogP contribution in [0.25, 0.3) is 55.1 Å². The van der Waals surface area contributed by atoms with E-state index in [1.807, 2.05) is 36.5 Å². The van der Waals surface area contributed by atoms with E-state index in [9.17, 15) is 0 Å². The van der Waals surface area contributed by atoms with Gasteiger partial charge in [0.2, 0.25) is 0 Å². The molecule has 0 radical (unpaired) electrons. The van der Waals surface area contributed by atoms with Gasteiger partial charge in [-0.3, -0.25) is 4.98 Å². The molecular formula is C27H17NO. The highest BCUT2D eigenvalue weighted by atomic mass is 16.3. The van der Waals surface area contributed by atoms with Crippen LogP contribution in [-0.4, -0.2) is 4.98 Å². The molecule has 0 atom stereocenters. The van der Waals surface area contributed by atoms with Gasteiger partial charge in [-0.05, 0) is 46.2 Å². The summed E-state index contributed by atoms with van der Waals surface area (Å²) in [5, 5.41) is 4.80. The second-order valence-electron chi connectivity index (χ2n) is 7.23. The first kappa shape index (κ1) is 16.1. The van der Waals surface area contributed by atoms with Gasteiger partial charge < -0.3 is 4.42 Å². The van der Waals surface area contributed by atoms with Gasteiger partial charge in [-0.25, -0.2) is 0 Å². The number of hydrogen-bond acceptors (Lipinski definition) is 2. The van der Waals surface area contributed by atoms with Crippen LogP contribution in [0.4, 0.5) is 0 Å². The number of para-hydroxylation sites is 1. The predicted molar refractivity (Wildman–Crippen MR) is 120 cm³/mol. The molecule has 0 aliphatic heterocycles. The number of hydrogen-bond donors (Lipinski definition) is 0. The molecule has 0 bridgehead atoms. The maximum atomic E-state index is 6.06. The zero-order valence-electron chi connectivity index (χ0n) is 15.7. The lowest BCUT2D eigenvalue weighted by molar-refractivity contribution is 0.669. The van der Waals surface area contributed by atoms with Crippen molar-refractivity contribution >= 4 is 32.7 Å². The van der Waals surface area contributed by atoms with E-state index in [0.717, 1.165) is 27.8 Å². The van der Waals surface area contributed by atoms with Gasteiger partial charge in [-0.1, -0.05) is 72.8 Å². The molecule has 2 aromatic heterocycles. The highest BCUT2D eigenvalue weighted by Gasteiger charge is 2.12. The summed E-state index contributed by atoms with van der Waals surface area (Å²) in [7, 11) is 0. The summed E-state index contributed by atoms with van der Waals surface area (Å²) < 4.78 is 6.06. The summed E-state index contributed by atoms with van der Waals surface area (Å²) in [4.78, 5) is 4.45. The van der Waals surface area contributed by atoms with E-state index in [-0.39, 0.29) is 0 Å². The van der Waals surface area contributed by atoms with Crippen molar-refractivity contribution in [2.75, 3.05) is 0 Å². The molecular weight excluding hydrogens is 354 g/mol. The minimum atomic E-state index is 0.931. The Labute approximate surface area is 168 Å². The van der Waals surface area contributed by atoms with E-state index in [0.29, 0.717) is 0 Å². The number of nitrogens with zero attached hydrogens (tertiary/aromatic N) is 1. The molecule has 2 heterocycles. The average Bonchev–Trinajstić information content (AvgIpc) is 3.18. The molecule has 6 rings (SSSR count). The molecule has 0 unspecified atom stereocenters. The molecule has 0 saturated heterocycles. The van der Waals surface area contributed by atoms with E-state index >= 15 is 0 Å². The van der Waals surface area contributed by atoms with Crippen molar-refractivity contribution in [2.24, 2.45) is 0 Å². The third kappa shape index (κ3) is 2.54. The van der Waals surface area contributed by atoms with Crippen LogP contribution in [0.2, 0.25) is 0 Å². The lowest BCUT2D eigenvalue weighted by Gasteiger charge is -2.09. The van der Waals surface area contributed by atoms with E-state index in [1.165, 1.54) is 27.3 Å². The molecule has 2 heteroatoms. The number of rotatable bonds is 2. The molecule has 0 spiro atoms. The molecule has 2 nitrogen and oxygen atoms in total. The average molecular weight is 371 g/mol. The van der Waals surface area contributed by atoms with E-state index in [2.05, 4.69) is 71.7 Å². The van der Waals surface area contributed by atoms with Gasteiger partial charge in [0, 0.05) is 22.5 Å². The Morgan fingerprint density at radius 2 is 1.31 bits per heavy atom. The second-order valence-corrected chi connectivity index (χ2v) is 7.23. The summed E-state index contributed by atoms with van der Waals surface area (Å²) in [6, 6.07) is 33.6. The predicted octanol–water partition coefficient (Wildman–Crippen LogP) is 7.47. The fourth-order valence-corrected chi connectivity index (χ4v) is 4.19. The van der Waals surface area contributed by atoms with Crippen molar-refractivity contribution in [1.29, 1.82) is 0 Å². The van der Waals surface area contributed by atoms with Gasteiger partial charge in [-0.2, -0.15) is 0 Å². The van der Waals surface area contributed by atoms with Crippen molar-refractivity contribution in [3.05, 3.63) is 103 Å². The highest BCUT2D eigenvalue weighted by Crippen LogP contribution is 2.38. The van der Waals surface area contributed by atoms with E-state index < -0.39 is 0 Å². The Bertz CT molecular complexity index is 1480. The molecule has 0 N–H and O–H groups in total. The Balaban J connectivity index is 1.56. The van der Waals surface area contributed by atoms with E-state index in [4.69, 9.17) is 4.42 Å². The van der Waals surface area contributed by atoms with Crippen molar-refractivity contribution in [1.82, 2.24) is 4.98 Å². The highest BCUT2D eigenvalue weighted by molar-refractivity contribution is 6.20. The maximum absolute atomic E-state index is 6.06. The fraction of sp³-hybridized carbons (Fsp3) is 0. The SMILES string of the molecule is c1ccc(-c2ccc(-c3cccc4c3ccc3oc5ccccc5c34)cc2)nc1. The fourth-order valence-electron chi connectivity index (χ4n) is 4.19. The number of fused-ring (bicyclic) bond motifs is 5. The molecule has 0 aliphatic carbocycles. The third-order valence-corrected chi connectivity index (χ3v) is 5.56. The second kappa shape index (κ2) is 6.32. The topological polar surface area (TPSA) is 26.0 Å². The Morgan fingerprint density at radius 3 is 2.17 bits per heavy atom. The summed E-state index contributed by atoms with van der Waals surface area (Å²) in [6.07, 6.45) is 1.83. The van der Waals surface area contributed by atoms with Crippen LogP contribution in [-0.2, 0) is 0 Å². The Morgan fingerprint density at radius 1 is 0.517 bits per heavy atom. The zero-order valence-corrected chi connectivity index (χ0v) is 15.7. The van der Waals surface area contributed by atoms with Crippen LogP contribution < -0.4 is 0 Å². The largest absolute Gasteiger partial charge is 0.456 e. The van der Waals surface area contributed by atoms with Gasteiger partial charge in [0.15, 0.2) is 0 Å². The molecule has 0 aliphatic rings. The smallest absolute Gasteiger partial charge is 0.136 e. The Hall–Kier alpha value is -3.91. The van der Waals surface area contributed by atoms with Gasteiger partial charge in [0.05, 0.1) is 5.69 Å². The van der Waals surface area contributed by atoms with Crippen LogP contribution in [0.3, 0.4) is 0 Å². The summed E-state index contributed by atoms with van der Waals surface area (Å²) in [6.45, 7) is 0. The van der Waals surface area contributed by atoms with Crippen LogP contribution >= 0.6 is 0 Å². The minimum absolute atomic E-state index is 0.931. The van der Waals surface area contributed by atoms with Gasteiger partial charge in [-0.15, -0.1) is 0 Å². The molecule has 136 valence electrons. The number of aromatic nitrogens is 1. The van der Waals surface area contributed by atoms with Crippen molar-refractivity contribution in [3.8, 4) is 22.4 Å². The molecule has 0 saturated carbocycles. The van der Waals surface area contributed by atoms with Gasteiger partial charge in [0.1, 0.15) is 11.2 Å². The van der Waals surface area contributed by atoms with Gasteiger partial charge >= 0.3 is 0 Å². The standard InChI is InChI=1S/C27H17NO/c1-2-10-25-23(6-1)27-22-8-5-7-20(21(22)15-16-26(27)29-25)18-11-13-19(14-12-18)24-9-3-4-17-28-24/h1-17H. The molecule has 29 heavy (non-hydrogen) atoms. The van der Waals surface area contributed by atoms with Crippen LogP contribution in [0.5, 0.6) is 0 Å². The summed E-state index contributed by atoms with van der Waals surface area (Å²) in [5.74, 6) is 0. The monoisotopic (exact) mass is 371 g/mol. The molecule has 0 amide bonds. The van der Waals surface area contributed by atoms with Crippen molar-refractivity contribution < 1.29 is 4.42 Å². The minimum Gasteiger partial charge on any atom is -0.456 e. The maximum Gasteiger partial charge on any atom is 0.136 e. The summed E-state index contributed by atoms with van der Waals surface area (Å²) in [5.41, 5.74) is 6.40.